The van der Waals surface area contributed by atoms with E-state index < -0.39 is 0 Å². The van der Waals surface area contributed by atoms with Crippen LogP contribution in [0.1, 0.15) is 39.2 Å². The van der Waals surface area contributed by atoms with Crippen molar-refractivity contribution in [1.82, 2.24) is 0 Å². The van der Waals surface area contributed by atoms with E-state index in [0.29, 0.717) is 0 Å². The molecule has 0 saturated heterocycles. The molecule has 0 aliphatic heterocycles. The van der Waals surface area contributed by atoms with Gasteiger partial charge in [0.25, 0.3) is 5.91 Å². The highest BCUT2D eigenvalue weighted by Gasteiger charge is 2.25. The smallest absolute Gasteiger partial charge is 0.259 e. The third-order valence-corrected chi connectivity index (χ3v) is 6.53. The Labute approximate surface area is 176 Å². The lowest BCUT2D eigenvalue weighted by Crippen LogP contribution is -2.14. The summed E-state index contributed by atoms with van der Waals surface area (Å²) in [6.45, 7) is 0. The van der Waals surface area contributed by atoms with Gasteiger partial charge in [0.15, 0.2) is 0 Å². The van der Waals surface area contributed by atoms with Crippen molar-refractivity contribution in [1.29, 1.82) is 0 Å². The average Bonchev–Trinajstić information content (AvgIpc) is 3.07. The molecule has 2 aromatic carbocycles. The summed E-state index contributed by atoms with van der Waals surface area (Å²) in [7, 11) is 0. The fourth-order valence-corrected chi connectivity index (χ4v) is 4.86. The van der Waals surface area contributed by atoms with Gasteiger partial charge in [-0.3, -0.25) is 4.79 Å². The number of thiophene rings is 1. The molecule has 0 unspecified atom stereocenters. The third-order valence-electron chi connectivity index (χ3n) is 4.61. The number of aryl methyl sites for hydroxylation is 1. The summed E-state index contributed by atoms with van der Waals surface area (Å²) >= 11 is 3.95. The second-order valence-electron chi connectivity index (χ2n) is 6.52. The Morgan fingerprint density at radius 3 is 2.56 bits per heavy atom. The molecule has 4 rings (SSSR count). The van der Waals surface area contributed by atoms with Gasteiger partial charge in [-0.15, -0.1) is 11.3 Å². The number of para-hydroxylation sites is 1. The summed E-state index contributed by atoms with van der Waals surface area (Å²) in [6.07, 6.45) is 6.18. The average molecular weight is 486 g/mol. The van der Waals surface area contributed by atoms with Crippen LogP contribution >= 0.6 is 33.9 Å². The SMILES string of the molecule is O=C(Nc1ccccc1)c1c(N=Cc2ccc(I)cc2)sc2c1CCCC2. The lowest BCUT2D eigenvalue weighted by atomic mass is 9.95. The van der Waals surface area contributed by atoms with E-state index >= 15 is 0 Å². The molecule has 1 aromatic heterocycles. The number of carbonyl (C=O) groups is 1. The number of carbonyl (C=O) groups excluding carboxylic acids is 1. The van der Waals surface area contributed by atoms with Crippen LogP contribution in [0.4, 0.5) is 10.7 Å². The first kappa shape index (κ1) is 18.4. The number of rotatable bonds is 4. The highest BCUT2D eigenvalue weighted by molar-refractivity contribution is 14.1. The predicted octanol–water partition coefficient (Wildman–Crippen LogP) is 6.23. The summed E-state index contributed by atoms with van der Waals surface area (Å²) in [5.41, 5.74) is 3.79. The number of benzene rings is 2. The number of amides is 1. The van der Waals surface area contributed by atoms with E-state index in [2.05, 4.69) is 40.0 Å². The lowest BCUT2D eigenvalue weighted by Gasteiger charge is -2.12. The minimum atomic E-state index is -0.0599. The van der Waals surface area contributed by atoms with Crippen molar-refractivity contribution in [3.05, 3.63) is 79.7 Å². The molecule has 0 saturated carbocycles. The summed E-state index contributed by atoms with van der Waals surface area (Å²) in [5, 5.41) is 3.85. The van der Waals surface area contributed by atoms with Crippen LogP contribution in [-0.2, 0) is 12.8 Å². The second kappa shape index (κ2) is 8.35. The van der Waals surface area contributed by atoms with E-state index in [9.17, 15) is 4.79 Å². The number of hydrogen-bond acceptors (Lipinski definition) is 3. The topological polar surface area (TPSA) is 41.5 Å². The standard InChI is InChI=1S/C22H19IN2OS/c23-16-12-10-15(11-13-16)14-24-22-20(18-8-4-5-9-19(18)27-22)21(26)25-17-6-2-1-3-7-17/h1-3,6-7,10-14H,4-5,8-9H2,(H,25,26). The van der Waals surface area contributed by atoms with Crippen molar-refractivity contribution in [3.8, 4) is 0 Å². The van der Waals surface area contributed by atoms with Crippen molar-refractivity contribution in [2.45, 2.75) is 25.7 Å². The lowest BCUT2D eigenvalue weighted by molar-refractivity contribution is 0.102. The molecule has 1 amide bonds. The minimum absolute atomic E-state index is 0.0599. The quantitative estimate of drug-likeness (QED) is 0.345. The van der Waals surface area contributed by atoms with Crippen LogP contribution in [0.3, 0.4) is 0 Å². The Morgan fingerprint density at radius 1 is 1.04 bits per heavy atom. The van der Waals surface area contributed by atoms with E-state index in [1.807, 2.05) is 48.7 Å². The Kier molecular flexibility index (Phi) is 5.69. The van der Waals surface area contributed by atoms with E-state index in [-0.39, 0.29) is 5.91 Å². The van der Waals surface area contributed by atoms with Crippen LogP contribution in [0.25, 0.3) is 0 Å². The van der Waals surface area contributed by atoms with Crippen LogP contribution < -0.4 is 5.32 Å². The second-order valence-corrected chi connectivity index (χ2v) is 8.85. The minimum Gasteiger partial charge on any atom is -0.322 e. The maximum absolute atomic E-state index is 13.0. The summed E-state index contributed by atoms with van der Waals surface area (Å²) < 4.78 is 1.19. The number of anilines is 1. The molecule has 1 aliphatic rings. The normalized spacial score (nSPS) is 13.5. The van der Waals surface area contributed by atoms with Gasteiger partial charge < -0.3 is 5.32 Å². The van der Waals surface area contributed by atoms with Gasteiger partial charge in [0, 0.05) is 20.3 Å². The molecule has 1 N–H and O–H groups in total. The zero-order valence-electron chi connectivity index (χ0n) is 14.7. The molecular weight excluding hydrogens is 467 g/mol. The van der Waals surface area contributed by atoms with E-state index in [1.54, 1.807) is 11.3 Å². The van der Waals surface area contributed by atoms with Gasteiger partial charge in [0.05, 0.1) is 5.56 Å². The summed E-state index contributed by atoms with van der Waals surface area (Å²) in [5.74, 6) is -0.0599. The predicted molar refractivity (Wildman–Crippen MR) is 122 cm³/mol. The summed E-state index contributed by atoms with van der Waals surface area (Å²) in [4.78, 5) is 19.1. The van der Waals surface area contributed by atoms with Crippen molar-refractivity contribution < 1.29 is 4.79 Å². The monoisotopic (exact) mass is 486 g/mol. The maximum atomic E-state index is 13.0. The Morgan fingerprint density at radius 2 is 1.78 bits per heavy atom. The number of nitrogens with zero attached hydrogens (tertiary/aromatic N) is 1. The number of hydrogen-bond donors (Lipinski definition) is 1. The molecule has 0 radical (unpaired) electrons. The van der Waals surface area contributed by atoms with Crippen molar-refractivity contribution in [2.75, 3.05) is 5.32 Å². The first-order valence-electron chi connectivity index (χ1n) is 9.01. The van der Waals surface area contributed by atoms with Gasteiger partial charge in [0.2, 0.25) is 0 Å². The van der Waals surface area contributed by atoms with Crippen LogP contribution in [0.5, 0.6) is 0 Å². The number of halogens is 1. The van der Waals surface area contributed by atoms with Gasteiger partial charge in [0.1, 0.15) is 5.00 Å². The van der Waals surface area contributed by atoms with Crippen LogP contribution in [0.15, 0.2) is 59.6 Å². The Bertz CT molecular complexity index is 978. The molecule has 1 aliphatic carbocycles. The number of fused-ring (bicyclic) bond motifs is 1. The molecule has 1 heterocycles. The molecule has 3 nitrogen and oxygen atoms in total. The van der Waals surface area contributed by atoms with Gasteiger partial charge in [-0.2, -0.15) is 0 Å². The van der Waals surface area contributed by atoms with E-state index in [0.717, 1.165) is 41.1 Å². The molecule has 136 valence electrons. The van der Waals surface area contributed by atoms with Crippen LogP contribution in [-0.4, -0.2) is 12.1 Å². The Balaban J connectivity index is 1.67. The fraction of sp³-hybridized carbons (Fsp3) is 0.182. The van der Waals surface area contributed by atoms with Gasteiger partial charge >= 0.3 is 0 Å². The largest absolute Gasteiger partial charge is 0.322 e. The van der Waals surface area contributed by atoms with Gasteiger partial charge in [-0.05, 0) is 83.7 Å². The molecular formula is C22H19IN2OS. The van der Waals surface area contributed by atoms with Crippen LogP contribution in [0.2, 0.25) is 0 Å². The highest BCUT2D eigenvalue weighted by atomic mass is 127. The highest BCUT2D eigenvalue weighted by Crippen LogP contribution is 2.40. The maximum Gasteiger partial charge on any atom is 0.259 e. The van der Waals surface area contributed by atoms with Gasteiger partial charge in [-0.25, -0.2) is 4.99 Å². The van der Waals surface area contributed by atoms with Gasteiger partial charge in [-0.1, -0.05) is 30.3 Å². The van der Waals surface area contributed by atoms with E-state index in [4.69, 9.17) is 4.99 Å². The van der Waals surface area contributed by atoms with Crippen LogP contribution in [0, 0.1) is 3.57 Å². The van der Waals surface area contributed by atoms with Crippen molar-refractivity contribution in [3.63, 3.8) is 0 Å². The molecule has 5 heteroatoms. The summed E-state index contributed by atoms with van der Waals surface area (Å²) in [6, 6.07) is 17.8. The van der Waals surface area contributed by atoms with E-state index in [1.165, 1.54) is 20.4 Å². The zero-order chi connectivity index (χ0) is 18.6. The first-order valence-corrected chi connectivity index (χ1v) is 10.9. The molecule has 0 fully saturated rings. The molecule has 0 spiro atoms. The molecule has 0 atom stereocenters. The van der Waals surface area contributed by atoms with Crippen molar-refractivity contribution >= 4 is 56.7 Å². The molecule has 0 bridgehead atoms. The third kappa shape index (κ3) is 4.30. The Hall–Kier alpha value is -1.99. The fourth-order valence-electron chi connectivity index (χ4n) is 3.27. The molecule has 27 heavy (non-hydrogen) atoms. The number of nitrogens with one attached hydrogen (secondary N) is 1. The zero-order valence-corrected chi connectivity index (χ0v) is 17.7. The van der Waals surface area contributed by atoms with Crippen molar-refractivity contribution in [2.24, 2.45) is 4.99 Å². The molecule has 3 aromatic rings. The number of aliphatic imine (C=N–C) groups is 1. The first-order chi connectivity index (χ1) is 13.2.